The number of hydrogen-bond donors (Lipinski definition) is 1. The van der Waals surface area contributed by atoms with Gasteiger partial charge in [0, 0.05) is 43.5 Å². The molecule has 0 aliphatic heterocycles. The third kappa shape index (κ3) is 5.33. The fourth-order valence-electron chi connectivity index (χ4n) is 4.10. The van der Waals surface area contributed by atoms with Crippen LogP contribution in [0, 0.1) is 30.1 Å². The Bertz CT molecular complexity index is 1680. The van der Waals surface area contributed by atoms with Gasteiger partial charge in [-0.3, -0.25) is 9.78 Å². The molecular weight excluding hydrogens is 632 g/mol. The topological polar surface area (TPSA) is 74.0 Å². The zero-order valence-corrected chi connectivity index (χ0v) is 22.3. The number of ketones is 1. The number of carbonyl (C=O) groups is 1. The van der Waals surface area contributed by atoms with E-state index in [2.05, 4.69) is 17.1 Å². The van der Waals surface area contributed by atoms with E-state index in [0.717, 1.165) is 38.2 Å². The third-order valence-electron chi connectivity index (χ3n) is 5.63. The molecule has 1 N–H and O–H groups in total. The minimum Gasteiger partial charge on any atom is -0.512 e. The number of aliphatic hydroxyl groups excluding tert-OH is 1. The molecule has 4 aromatic carbocycles. The molecule has 0 aliphatic rings. The Morgan fingerprint density at radius 1 is 1.00 bits per heavy atom. The summed E-state index contributed by atoms with van der Waals surface area (Å²) in [6.07, 6.45) is 2.89. The first-order valence-electron chi connectivity index (χ1n) is 11.0. The van der Waals surface area contributed by atoms with E-state index in [-0.39, 0.29) is 37.5 Å². The fourth-order valence-corrected chi connectivity index (χ4v) is 4.10. The molecule has 181 valence electrons. The number of aryl methyl sites for hydroxylation is 1. The molecule has 0 fully saturated rings. The third-order valence-corrected chi connectivity index (χ3v) is 5.63. The first kappa shape index (κ1) is 26.7. The number of aliphatic hydroxyl groups is 1. The number of aromatic nitrogens is 1. The van der Waals surface area contributed by atoms with Gasteiger partial charge in [-0.25, -0.2) is 4.39 Å². The summed E-state index contributed by atoms with van der Waals surface area (Å²) in [6.45, 7) is 4.62. The molecule has 0 atom stereocenters. The maximum atomic E-state index is 14.6. The number of hydrogen-bond acceptors (Lipinski definition) is 4. The largest absolute Gasteiger partial charge is 0.512 e. The maximum absolute atomic E-state index is 14.6. The molecule has 6 heteroatoms. The molecule has 36 heavy (non-hydrogen) atoms. The van der Waals surface area contributed by atoms with Crippen molar-refractivity contribution in [3.05, 3.63) is 102 Å². The van der Waals surface area contributed by atoms with Gasteiger partial charge in [0.05, 0.1) is 11.8 Å². The molecule has 0 amide bonds. The van der Waals surface area contributed by atoms with Crippen molar-refractivity contribution < 1.29 is 34.4 Å². The van der Waals surface area contributed by atoms with Gasteiger partial charge in [-0.15, -0.1) is 23.6 Å². The number of nitriles is 1. The Hall–Kier alpha value is -3.91. The van der Waals surface area contributed by atoms with E-state index in [9.17, 15) is 14.4 Å². The zero-order chi connectivity index (χ0) is 25.1. The van der Waals surface area contributed by atoms with E-state index in [0.29, 0.717) is 16.5 Å². The normalized spacial score (nSPS) is 10.9. The van der Waals surface area contributed by atoms with E-state index in [1.54, 1.807) is 25.3 Å². The maximum Gasteiger partial charge on any atom is 0.155 e. The minimum absolute atomic E-state index is 0. The van der Waals surface area contributed by atoms with Crippen LogP contribution in [0.2, 0.25) is 0 Å². The van der Waals surface area contributed by atoms with Crippen molar-refractivity contribution in [2.24, 2.45) is 0 Å². The second kappa shape index (κ2) is 11.2. The summed E-state index contributed by atoms with van der Waals surface area (Å²) in [4.78, 5) is 14.6. The molecule has 0 aliphatic carbocycles. The molecule has 0 unspecified atom stereocenters. The predicted molar refractivity (Wildman–Crippen MR) is 138 cm³/mol. The predicted octanol–water partition coefficient (Wildman–Crippen LogP) is 7.36. The number of pyridine rings is 1. The van der Waals surface area contributed by atoms with Gasteiger partial charge in [0.25, 0.3) is 0 Å². The Labute approximate surface area is 222 Å². The van der Waals surface area contributed by atoms with Crippen LogP contribution in [-0.2, 0) is 24.9 Å². The molecule has 1 radical (unpaired) electrons. The summed E-state index contributed by atoms with van der Waals surface area (Å²) >= 11 is 0. The van der Waals surface area contributed by atoms with Gasteiger partial charge >= 0.3 is 0 Å². The fraction of sp³-hybridized carbons (Fsp3) is 0.100. The first-order chi connectivity index (χ1) is 16.8. The van der Waals surface area contributed by atoms with E-state index < -0.39 is 0 Å². The number of benzene rings is 4. The quantitative estimate of drug-likeness (QED) is 0.0936. The molecule has 5 rings (SSSR count). The van der Waals surface area contributed by atoms with Crippen LogP contribution in [0.4, 0.5) is 4.39 Å². The Balaban J connectivity index is 0.000000400. The van der Waals surface area contributed by atoms with Gasteiger partial charge in [-0.05, 0) is 54.1 Å². The van der Waals surface area contributed by atoms with Crippen LogP contribution in [0.3, 0.4) is 0 Å². The Morgan fingerprint density at radius 2 is 1.67 bits per heavy atom. The van der Waals surface area contributed by atoms with Crippen molar-refractivity contribution in [3.63, 3.8) is 0 Å². The van der Waals surface area contributed by atoms with Crippen LogP contribution < -0.4 is 0 Å². The number of halogens is 1. The summed E-state index contributed by atoms with van der Waals surface area (Å²) in [5.74, 6) is -0.255. The molecule has 4 nitrogen and oxygen atoms in total. The summed E-state index contributed by atoms with van der Waals surface area (Å²) in [5.41, 5.74) is 2.71. The average Bonchev–Trinajstić information content (AvgIpc) is 2.84. The molecule has 1 aromatic heterocycles. The van der Waals surface area contributed by atoms with Crippen LogP contribution in [0.5, 0.6) is 0 Å². The van der Waals surface area contributed by atoms with Gasteiger partial charge in [-0.2, -0.15) is 5.26 Å². The summed E-state index contributed by atoms with van der Waals surface area (Å²) in [6, 6.07) is 24.5. The Kier molecular flexibility index (Phi) is 8.32. The number of allylic oxidation sites excluding steroid dienone is 2. The summed E-state index contributed by atoms with van der Waals surface area (Å²) in [7, 11) is 0. The SMILES string of the molecule is CC(=O)/C=C(/C)O.Cc1ccc2c(ccc3c(-c4[c-]c5ccccc5c(C#N)c4)nccc32)c1F.[Ir]. The van der Waals surface area contributed by atoms with Crippen molar-refractivity contribution >= 4 is 38.1 Å². The smallest absolute Gasteiger partial charge is 0.155 e. The molecule has 1 heterocycles. The van der Waals surface area contributed by atoms with Crippen LogP contribution in [0.1, 0.15) is 25.0 Å². The minimum atomic E-state index is -0.193. The number of fused-ring (bicyclic) bond motifs is 4. The zero-order valence-electron chi connectivity index (χ0n) is 19.9. The monoisotopic (exact) mass is 654 g/mol. The van der Waals surface area contributed by atoms with Crippen LogP contribution in [0.15, 0.2) is 78.7 Å². The van der Waals surface area contributed by atoms with Crippen molar-refractivity contribution in [2.75, 3.05) is 0 Å². The molecule has 0 spiro atoms. The second-order valence-electron chi connectivity index (χ2n) is 8.26. The van der Waals surface area contributed by atoms with Gasteiger partial charge < -0.3 is 5.11 Å². The molecule has 0 saturated heterocycles. The van der Waals surface area contributed by atoms with E-state index in [1.165, 1.54) is 19.9 Å². The molecular formula is C30H22FIrN2O2-. The standard InChI is InChI=1S/C25H14FN2.C5H8O2.Ir/c1-15-6-7-20-21-10-11-28-25(23(21)9-8-22(20)24(15)26)17-12-16-4-2-3-5-19(16)18(13-17)14-27;1-4(6)3-5(2)7;/h2-11,13H,1H3;3,6H,1-2H3;/q-1;;/b;4-3-;. The van der Waals surface area contributed by atoms with Gasteiger partial charge in [-0.1, -0.05) is 53.4 Å². The van der Waals surface area contributed by atoms with Crippen molar-refractivity contribution in [3.8, 4) is 17.3 Å². The number of rotatable bonds is 2. The molecule has 0 saturated carbocycles. The molecule has 5 aromatic rings. The molecule has 0 bridgehead atoms. The summed E-state index contributed by atoms with van der Waals surface area (Å²) in [5, 5.41) is 23.0. The second-order valence-corrected chi connectivity index (χ2v) is 8.26. The summed E-state index contributed by atoms with van der Waals surface area (Å²) < 4.78 is 14.6. The van der Waals surface area contributed by atoms with Gasteiger partial charge in [0.15, 0.2) is 5.78 Å². The van der Waals surface area contributed by atoms with Gasteiger partial charge in [0.2, 0.25) is 0 Å². The Morgan fingerprint density at radius 3 is 2.33 bits per heavy atom. The van der Waals surface area contributed by atoms with Crippen molar-refractivity contribution in [1.29, 1.82) is 5.26 Å². The van der Waals surface area contributed by atoms with E-state index in [1.807, 2.05) is 48.5 Å². The number of carbonyl (C=O) groups excluding carboxylic acids is 1. The average molecular weight is 654 g/mol. The van der Waals surface area contributed by atoms with Gasteiger partial charge in [0.1, 0.15) is 5.82 Å². The van der Waals surface area contributed by atoms with E-state index in [4.69, 9.17) is 5.11 Å². The van der Waals surface area contributed by atoms with E-state index >= 15 is 0 Å². The first-order valence-corrected chi connectivity index (χ1v) is 11.0. The van der Waals surface area contributed by atoms with Crippen LogP contribution in [-0.4, -0.2) is 15.9 Å². The van der Waals surface area contributed by atoms with Crippen LogP contribution >= 0.6 is 0 Å². The van der Waals surface area contributed by atoms with Crippen molar-refractivity contribution in [1.82, 2.24) is 4.98 Å². The van der Waals surface area contributed by atoms with Crippen molar-refractivity contribution in [2.45, 2.75) is 20.8 Å². The van der Waals surface area contributed by atoms with Crippen LogP contribution in [0.25, 0.3) is 43.6 Å². The number of nitrogens with zero attached hydrogens (tertiary/aromatic N) is 2.